The van der Waals surface area contributed by atoms with Crippen LogP contribution in [0.15, 0.2) is 41.1 Å². The van der Waals surface area contributed by atoms with E-state index >= 15 is 0 Å². The number of aromatic nitrogens is 5. The first-order valence-electron chi connectivity index (χ1n) is 9.30. The number of aryl methyl sites for hydroxylation is 1. The quantitative estimate of drug-likeness (QED) is 0.560. The number of hydrogen-bond acceptors (Lipinski definition) is 6. The van der Waals surface area contributed by atoms with Crippen molar-refractivity contribution in [3.8, 4) is 11.5 Å². The Labute approximate surface area is 164 Å². The maximum atomic E-state index is 13.2. The highest BCUT2D eigenvalue weighted by atomic mass is 19.1. The molecule has 0 saturated heterocycles. The SMILES string of the molecule is Cc1cc(F)ccc1NC(=O)Cc1nnc2cc(-c3nc(C4CC4)no3)ccn12. The minimum Gasteiger partial charge on any atom is -0.334 e. The van der Waals surface area contributed by atoms with Gasteiger partial charge < -0.3 is 9.84 Å². The van der Waals surface area contributed by atoms with Crippen molar-refractivity contribution in [1.82, 2.24) is 24.7 Å². The third kappa shape index (κ3) is 3.46. The fourth-order valence-corrected chi connectivity index (χ4v) is 3.16. The summed E-state index contributed by atoms with van der Waals surface area (Å²) in [5.74, 6) is 1.50. The van der Waals surface area contributed by atoms with Crippen molar-refractivity contribution >= 4 is 17.2 Å². The molecule has 8 nitrogen and oxygen atoms in total. The predicted octanol–water partition coefficient (Wildman–Crippen LogP) is 3.29. The third-order valence-electron chi connectivity index (χ3n) is 4.89. The molecule has 1 fully saturated rings. The van der Waals surface area contributed by atoms with Crippen LogP contribution in [-0.2, 0) is 11.2 Å². The lowest BCUT2D eigenvalue weighted by Gasteiger charge is -2.08. The number of anilines is 1. The minimum atomic E-state index is -0.342. The molecule has 0 aliphatic heterocycles. The number of benzene rings is 1. The second-order valence-corrected chi connectivity index (χ2v) is 7.18. The number of halogens is 1. The molecular weight excluding hydrogens is 375 g/mol. The van der Waals surface area contributed by atoms with Gasteiger partial charge in [-0.15, -0.1) is 10.2 Å². The Kier molecular flexibility index (Phi) is 4.08. The highest BCUT2D eigenvalue weighted by Gasteiger charge is 2.29. The van der Waals surface area contributed by atoms with Crippen molar-refractivity contribution in [1.29, 1.82) is 0 Å². The topological polar surface area (TPSA) is 98.2 Å². The van der Waals surface area contributed by atoms with E-state index in [1.54, 1.807) is 23.6 Å². The summed E-state index contributed by atoms with van der Waals surface area (Å²) in [5, 5.41) is 15.1. The van der Waals surface area contributed by atoms with Crippen LogP contribution in [0.2, 0.25) is 0 Å². The van der Waals surface area contributed by atoms with E-state index in [0.717, 1.165) is 24.2 Å². The summed E-state index contributed by atoms with van der Waals surface area (Å²) in [5.41, 5.74) is 2.55. The number of rotatable bonds is 5. The lowest BCUT2D eigenvalue weighted by atomic mass is 10.2. The Hall–Kier alpha value is -3.62. The number of nitrogens with zero attached hydrogens (tertiary/aromatic N) is 5. The molecule has 3 aromatic heterocycles. The van der Waals surface area contributed by atoms with E-state index in [9.17, 15) is 9.18 Å². The van der Waals surface area contributed by atoms with Crippen molar-refractivity contribution in [3.05, 3.63) is 59.6 Å². The molecule has 0 atom stereocenters. The maximum absolute atomic E-state index is 13.2. The van der Waals surface area contributed by atoms with Crippen LogP contribution in [0, 0.1) is 12.7 Å². The van der Waals surface area contributed by atoms with Crippen LogP contribution in [0.25, 0.3) is 17.1 Å². The number of fused-ring (bicyclic) bond motifs is 1. The molecule has 0 unspecified atom stereocenters. The van der Waals surface area contributed by atoms with E-state index in [0.29, 0.717) is 34.5 Å². The highest BCUT2D eigenvalue weighted by molar-refractivity contribution is 5.92. The largest absolute Gasteiger partial charge is 0.334 e. The van der Waals surface area contributed by atoms with Crippen LogP contribution in [0.1, 0.15) is 36.0 Å². The van der Waals surface area contributed by atoms with Gasteiger partial charge in [-0.25, -0.2) is 4.39 Å². The van der Waals surface area contributed by atoms with E-state index in [1.807, 2.05) is 6.07 Å². The Morgan fingerprint density at radius 2 is 2.14 bits per heavy atom. The van der Waals surface area contributed by atoms with Gasteiger partial charge in [-0.2, -0.15) is 4.98 Å². The second kappa shape index (κ2) is 6.77. The van der Waals surface area contributed by atoms with Gasteiger partial charge in [-0.05, 0) is 55.7 Å². The van der Waals surface area contributed by atoms with Gasteiger partial charge in [0.05, 0.1) is 6.42 Å². The molecule has 1 aliphatic carbocycles. The predicted molar refractivity (Wildman–Crippen MR) is 102 cm³/mol. The molecular formula is C20H17FN6O2. The lowest BCUT2D eigenvalue weighted by molar-refractivity contribution is -0.115. The van der Waals surface area contributed by atoms with Crippen LogP contribution >= 0.6 is 0 Å². The van der Waals surface area contributed by atoms with Crippen molar-refractivity contribution in [3.63, 3.8) is 0 Å². The molecule has 4 aromatic rings. The van der Waals surface area contributed by atoms with Crippen LogP contribution in [-0.4, -0.2) is 30.6 Å². The molecule has 9 heteroatoms. The molecule has 1 aromatic carbocycles. The number of carbonyl (C=O) groups excluding carboxylic acids is 1. The van der Waals surface area contributed by atoms with E-state index in [1.165, 1.54) is 18.2 Å². The molecule has 1 amide bonds. The molecule has 0 bridgehead atoms. The zero-order valence-electron chi connectivity index (χ0n) is 15.6. The zero-order valence-corrected chi connectivity index (χ0v) is 15.6. The van der Waals surface area contributed by atoms with Gasteiger partial charge in [0.15, 0.2) is 11.5 Å². The van der Waals surface area contributed by atoms with Crippen molar-refractivity contribution in [2.45, 2.75) is 32.1 Å². The van der Waals surface area contributed by atoms with E-state index < -0.39 is 0 Å². The van der Waals surface area contributed by atoms with Gasteiger partial charge in [0.2, 0.25) is 5.91 Å². The average molecular weight is 392 g/mol. The second-order valence-electron chi connectivity index (χ2n) is 7.18. The normalized spacial score (nSPS) is 13.7. The van der Waals surface area contributed by atoms with Crippen LogP contribution in [0.5, 0.6) is 0 Å². The van der Waals surface area contributed by atoms with Crippen LogP contribution < -0.4 is 5.32 Å². The summed E-state index contributed by atoms with van der Waals surface area (Å²) < 4.78 is 20.3. The fourth-order valence-electron chi connectivity index (χ4n) is 3.16. The van der Waals surface area contributed by atoms with Crippen molar-refractivity contribution in [2.75, 3.05) is 5.32 Å². The number of carbonyl (C=O) groups is 1. The Bertz CT molecular complexity index is 1230. The number of amides is 1. The Morgan fingerprint density at radius 3 is 2.93 bits per heavy atom. The van der Waals surface area contributed by atoms with Gasteiger partial charge in [0, 0.05) is 23.4 Å². The van der Waals surface area contributed by atoms with Crippen molar-refractivity contribution in [2.24, 2.45) is 0 Å². The molecule has 3 heterocycles. The van der Waals surface area contributed by atoms with E-state index in [-0.39, 0.29) is 18.1 Å². The van der Waals surface area contributed by atoms with Gasteiger partial charge in [0.1, 0.15) is 11.6 Å². The summed E-state index contributed by atoms with van der Waals surface area (Å²) in [6.07, 6.45) is 4.01. The maximum Gasteiger partial charge on any atom is 0.258 e. The van der Waals surface area contributed by atoms with Gasteiger partial charge >= 0.3 is 0 Å². The molecule has 1 aliphatic rings. The van der Waals surface area contributed by atoms with Crippen molar-refractivity contribution < 1.29 is 13.7 Å². The lowest BCUT2D eigenvalue weighted by Crippen LogP contribution is -2.16. The molecule has 1 N–H and O–H groups in total. The summed E-state index contributed by atoms with van der Waals surface area (Å²) in [4.78, 5) is 16.8. The first-order valence-corrected chi connectivity index (χ1v) is 9.30. The highest BCUT2D eigenvalue weighted by Crippen LogP contribution is 2.38. The fraction of sp³-hybridized carbons (Fsp3) is 0.250. The van der Waals surface area contributed by atoms with E-state index in [2.05, 4.69) is 25.7 Å². The monoisotopic (exact) mass is 392 g/mol. The summed E-state index contributed by atoms with van der Waals surface area (Å²) in [6.45, 7) is 1.73. The smallest absolute Gasteiger partial charge is 0.258 e. The Morgan fingerprint density at radius 1 is 1.28 bits per heavy atom. The number of hydrogen-bond donors (Lipinski definition) is 1. The number of pyridine rings is 1. The van der Waals surface area contributed by atoms with Gasteiger partial charge in [0.25, 0.3) is 5.89 Å². The van der Waals surface area contributed by atoms with Crippen LogP contribution in [0.3, 0.4) is 0 Å². The van der Waals surface area contributed by atoms with E-state index in [4.69, 9.17) is 4.52 Å². The molecule has 0 radical (unpaired) electrons. The zero-order chi connectivity index (χ0) is 20.0. The average Bonchev–Trinajstić information content (AvgIpc) is 3.30. The van der Waals surface area contributed by atoms with Gasteiger partial charge in [-0.3, -0.25) is 9.20 Å². The summed E-state index contributed by atoms with van der Waals surface area (Å²) >= 11 is 0. The summed E-state index contributed by atoms with van der Waals surface area (Å²) in [7, 11) is 0. The standard InChI is InChI=1S/C20H17FN6O2/c1-11-8-14(21)4-5-15(11)22-18(28)10-17-25-24-16-9-13(6-7-27(16)17)20-23-19(26-29-20)12-2-3-12/h4-9,12H,2-3,10H2,1H3,(H,22,28). The summed E-state index contributed by atoms with van der Waals surface area (Å²) in [6, 6.07) is 7.84. The molecule has 29 heavy (non-hydrogen) atoms. The first kappa shape index (κ1) is 17.5. The molecule has 1 saturated carbocycles. The molecule has 146 valence electrons. The Balaban J connectivity index is 1.34. The van der Waals surface area contributed by atoms with Gasteiger partial charge in [-0.1, -0.05) is 5.16 Å². The molecule has 5 rings (SSSR count). The first-order chi connectivity index (χ1) is 14.1. The number of nitrogens with one attached hydrogen (secondary N) is 1. The minimum absolute atomic E-state index is 0.0315. The molecule has 0 spiro atoms. The van der Waals surface area contributed by atoms with Crippen LogP contribution in [0.4, 0.5) is 10.1 Å². The third-order valence-corrected chi connectivity index (χ3v) is 4.89.